The first-order chi connectivity index (χ1) is 10.6. The van der Waals surface area contributed by atoms with Gasteiger partial charge in [0.25, 0.3) is 5.78 Å². The molecule has 0 aliphatic rings. The van der Waals surface area contributed by atoms with Crippen molar-refractivity contribution in [2.75, 3.05) is 0 Å². The van der Waals surface area contributed by atoms with Gasteiger partial charge in [-0.2, -0.15) is 19.6 Å². The van der Waals surface area contributed by atoms with Gasteiger partial charge in [-0.25, -0.2) is 9.67 Å². The number of nitrogens with zero attached hydrogens (tertiary/aromatic N) is 7. The summed E-state index contributed by atoms with van der Waals surface area (Å²) in [6.07, 6.45) is 4.26. The Morgan fingerprint density at radius 1 is 1.18 bits per heavy atom. The van der Waals surface area contributed by atoms with E-state index in [1.807, 2.05) is 11.6 Å². The minimum absolute atomic E-state index is 0.220. The minimum atomic E-state index is 0.220. The van der Waals surface area contributed by atoms with Crippen LogP contribution in [0.4, 0.5) is 0 Å². The molecule has 0 spiro atoms. The molecule has 4 aromatic heterocycles. The average Bonchev–Trinajstić information content (AvgIpc) is 3.09. The molecule has 0 saturated carbocycles. The summed E-state index contributed by atoms with van der Waals surface area (Å²) in [7, 11) is 0. The minimum Gasteiger partial charge on any atom is -0.245 e. The second-order valence-electron chi connectivity index (χ2n) is 5.44. The van der Waals surface area contributed by atoms with E-state index in [1.165, 1.54) is 0 Å². The Morgan fingerprint density at radius 2 is 2.00 bits per heavy atom. The summed E-state index contributed by atoms with van der Waals surface area (Å²) < 4.78 is 3.61. The number of halogens is 1. The van der Waals surface area contributed by atoms with Crippen molar-refractivity contribution in [2.24, 2.45) is 0 Å². The van der Waals surface area contributed by atoms with Crippen LogP contribution in [0.5, 0.6) is 0 Å². The van der Waals surface area contributed by atoms with Crippen LogP contribution >= 0.6 is 11.6 Å². The summed E-state index contributed by atoms with van der Waals surface area (Å²) in [5.74, 6) is 1.23. The van der Waals surface area contributed by atoms with Crippen LogP contribution in [-0.4, -0.2) is 34.3 Å². The van der Waals surface area contributed by atoms with E-state index in [0.717, 1.165) is 34.2 Å². The summed E-state index contributed by atoms with van der Waals surface area (Å²) in [5, 5.41) is 11.0. The van der Waals surface area contributed by atoms with E-state index in [-0.39, 0.29) is 6.04 Å². The smallest absolute Gasteiger partial charge is 0.245 e. The molecular formula is C14H14ClN7. The molecule has 0 aromatic carbocycles. The van der Waals surface area contributed by atoms with Gasteiger partial charge in [-0.15, -0.1) is 5.10 Å². The molecule has 0 atom stereocenters. The number of fused-ring (bicyclic) bond motifs is 5. The number of pyridine rings is 1. The van der Waals surface area contributed by atoms with Gasteiger partial charge < -0.3 is 0 Å². The van der Waals surface area contributed by atoms with Crippen molar-refractivity contribution in [1.29, 1.82) is 0 Å². The van der Waals surface area contributed by atoms with Crippen LogP contribution in [0, 0.1) is 0 Å². The maximum absolute atomic E-state index is 6.30. The van der Waals surface area contributed by atoms with Gasteiger partial charge in [0, 0.05) is 18.7 Å². The number of hydrogen-bond acceptors (Lipinski definition) is 5. The average molecular weight is 316 g/mol. The molecule has 4 aromatic rings. The zero-order chi connectivity index (χ0) is 15.4. The SMILES string of the molecule is CCc1nc2nc(Cl)c3cnc4c(cnn4C(C)C)c3n2n1. The molecule has 4 rings (SSSR count). The predicted molar refractivity (Wildman–Crippen MR) is 84.1 cm³/mol. The number of aryl methyl sites for hydroxylation is 1. The normalized spacial score (nSPS) is 12.2. The third kappa shape index (κ3) is 1.72. The quantitative estimate of drug-likeness (QED) is 0.532. The van der Waals surface area contributed by atoms with E-state index >= 15 is 0 Å². The molecule has 0 N–H and O–H groups in total. The predicted octanol–water partition coefficient (Wildman–Crippen LogP) is 2.82. The molecular weight excluding hydrogens is 302 g/mol. The van der Waals surface area contributed by atoms with Crippen LogP contribution in [0.3, 0.4) is 0 Å². The van der Waals surface area contributed by atoms with E-state index < -0.39 is 0 Å². The van der Waals surface area contributed by atoms with Gasteiger partial charge in [-0.3, -0.25) is 0 Å². The van der Waals surface area contributed by atoms with Gasteiger partial charge in [0.05, 0.1) is 22.5 Å². The fourth-order valence-electron chi connectivity index (χ4n) is 2.61. The second kappa shape index (κ2) is 4.61. The Hall–Kier alpha value is -2.28. The molecule has 0 saturated heterocycles. The molecule has 8 heteroatoms. The first kappa shape index (κ1) is 13.4. The topological polar surface area (TPSA) is 73.8 Å². The van der Waals surface area contributed by atoms with Gasteiger partial charge in [0.1, 0.15) is 5.15 Å². The lowest BCUT2D eigenvalue weighted by Crippen LogP contribution is -2.04. The Balaban J connectivity index is 2.23. The highest BCUT2D eigenvalue weighted by atomic mass is 35.5. The van der Waals surface area contributed by atoms with E-state index in [4.69, 9.17) is 11.6 Å². The standard InChI is InChI=1S/C14H14ClN7/c1-4-10-18-14-19-12(15)8-5-16-13-9(11(8)22(14)20-10)6-17-21(13)7(2)3/h5-7H,4H2,1-3H3. The monoisotopic (exact) mass is 315 g/mol. The van der Waals surface area contributed by atoms with Crippen LogP contribution in [0.25, 0.3) is 27.7 Å². The van der Waals surface area contributed by atoms with Crippen LogP contribution in [0.1, 0.15) is 32.6 Å². The molecule has 0 fully saturated rings. The molecule has 22 heavy (non-hydrogen) atoms. The van der Waals surface area contributed by atoms with Gasteiger partial charge in [-0.05, 0) is 13.8 Å². The second-order valence-corrected chi connectivity index (χ2v) is 5.79. The summed E-state index contributed by atoms with van der Waals surface area (Å²) in [5.41, 5.74) is 1.65. The molecule has 4 heterocycles. The Kier molecular flexibility index (Phi) is 2.80. The molecule has 0 amide bonds. The molecule has 0 aliphatic carbocycles. The molecule has 112 valence electrons. The number of hydrogen-bond donors (Lipinski definition) is 0. The molecule has 0 unspecified atom stereocenters. The van der Waals surface area contributed by atoms with E-state index in [9.17, 15) is 0 Å². The highest BCUT2D eigenvalue weighted by molar-refractivity contribution is 6.35. The zero-order valence-corrected chi connectivity index (χ0v) is 13.2. The number of aromatic nitrogens is 7. The van der Waals surface area contributed by atoms with Gasteiger partial charge in [-0.1, -0.05) is 18.5 Å². The lowest BCUT2D eigenvalue weighted by molar-refractivity contribution is 0.546. The fraction of sp³-hybridized carbons (Fsp3) is 0.357. The van der Waals surface area contributed by atoms with Crippen LogP contribution < -0.4 is 0 Å². The van der Waals surface area contributed by atoms with Crippen molar-refractivity contribution in [2.45, 2.75) is 33.2 Å². The number of rotatable bonds is 2. The highest BCUT2D eigenvalue weighted by Gasteiger charge is 2.17. The van der Waals surface area contributed by atoms with Crippen LogP contribution in [0.2, 0.25) is 5.15 Å². The largest absolute Gasteiger partial charge is 0.254 e. The summed E-state index contributed by atoms with van der Waals surface area (Å²) in [6.45, 7) is 6.14. The summed E-state index contributed by atoms with van der Waals surface area (Å²) in [6, 6.07) is 0.220. The molecule has 0 bridgehead atoms. The summed E-state index contributed by atoms with van der Waals surface area (Å²) >= 11 is 6.30. The fourth-order valence-corrected chi connectivity index (χ4v) is 2.82. The first-order valence-corrected chi connectivity index (χ1v) is 7.55. The van der Waals surface area contributed by atoms with Crippen LogP contribution in [-0.2, 0) is 6.42 Å². The van der Waals surface area contributed by atoms with Crippen LogP contribution in [0.15, 0.2) is 12.4 Å². The van der Waals surface area contributed by atoms with Gasteiger partial charge in [0.15, 0.2) is 11.5 Å². The van der Waals surface area contributed by atoms with Gasteiger partial charge in [0.2, 0.25) is 0 Å². The van der Waals surface area contributed by atoms with Crippen molar-refractivity contribution in [1.82, 2.24) is 34.3 Å². The van der Waals surface area contributed by atoms with Gasteiger partial charge >= 0.3 is 0 Å². The van der Waals surface area contributed by atoms with E-state index in [2.05, 4.69) is 39.0 Å². The highest BCUT2D eigenvalue weighted by Crippen LogP contribution is 2.28. The molecule has 7 nitrogen and oxygen atoms in total. The van der Waals surface area contributed by atoms with Crippen molar-refractivity contribution in [3.63, 3.8) is 0 Å². The molecule has 0 aliphatic heterocycles. The Morgan fingerprint density at radius 3 is 2.73 bits per heavy atom. The first-order valence-electron chi connectivity index (χ1n) is 7.17. The van der Waals surface area contributed by atoms with Crippen molar-refractivity contribution >= 4 is 39.3 Å². The van der Waals surface area contributed by atoms with E-state index in [1.54, 1.807) is 16.9 Å². The van der Waals surface area contributed by atoms with Crippen molar-refractivity contribution < 1.29 is 0 Å². The third-order valence-corrected chi connectivity index (χ3v) is 3.95. The Labute approximate surface area is 130 Å². The maximum Gasteiger partial charge on any atom is 0.254 e. The summed E-state index contributed by atoms with van der Waals surface area (Å²) in [4.78, 5) is 13.2. The molecule has 0 radical (unpaired) electrons. The lowest BCUT2D eigenvalue weighted by atomic mass is 10.2. The Bertz CT molecular complexity index is 1010. The van der Waals surface area contributed by atoms with Crippen molar-refractivity contribution in [3.05, 3.63) is 23.4 Å². The zero-order valence-electron chi connectivity index (χ0n) is 12.4. The maximum atomic E-state index is 6.30. The van der Waals surface area contributed by atoms with Crippen molar-refractivity contribution in [3.8, 4) is 0 Å². The van der Waals surface area contributed by atoms with E-state index in [0.29, 0.717) is 10.9 Å². The third-order valence-electron chi connectivity index (χ3n) is 3.67. The lowest BCUT2D eigenvalue weighted by Gasteiger charge is -2.07.